The zero-order chi connectivity index (χ0) is 24.5. The summed E-state index contributed by atoms with van der Waals surface area (Å²) in [6, 6.07) is 18.1. The Hall–Kier alpha value is -4.46. The predicted octanol–water partition coefficient (Wildman–Crippen LogP) is 3.54. The topological polar surface area (TPSA) is 116 Å². The van der Waals surface area contributed by atoms with Crippen LogP contribution in [-0.4, -0.2) is 43.4 Å². The maximum absolute atomic E-state index is 13.6. The lowest BCUT2D eigenvalue weighted by molar-refractivity contribution is -0.119. The van der Waals surface area contributed by atoms with Crippen molar-refractivity contribution in [2.45, 2.75) is 26.4 Å². The monoisotopic (exact) mass is 468 g/mol. The summed E-state index contributed by atoms with van der Waals surface area (Å²) in [7, 11) is 0. The fourth-order valence-electron chi connectivity index (χ4n) is 4.31. The second-order valence-electron chi connectivity index (χ2n) is 8.57. The van der Waals surface area contributed by atoms with Crippen LogP contribution < -0.4 is 5.32 Å². The average molecular weight is 469 g/mol. The molecule has 0 fully saturated rings. The minimum absolute atomic E-state index is 0.0950. The van der Waals surface area contributed by atoms with E-state index in [0.717, 1.165) is 16.7 Å². The van der Waals surface area contributed by atoms with Crippen LogP contribution in [0.3, 0.4) is 0 Å². The molecule has 0 saturated carbocycles. The van der Waals surface area contributed by atoms with Gasteiger partial charge in [-0.05, 0) is 29.7 Å². The van der Waals surface area contributed by atoms with Gasteiger partial charge in [0, 0.05) is 43.1 Å². The van der Waals surface area contributed by atoms with Gasteiger partial charge in [-0.2, -0.15) is 0 Å². The summed E-state index contributed by atoms with van der Waals surface area (Å²) in [5.41, 5.74) is 4.17. The van der Waals surface area contributed by atoms with Gasteiger partial charge in [0.05, 0.1) is 5.52 Å². The second-order valence-corrected chi connectivity index (χ2v) is 8.57. The summed E-state index contributed by atoms with van der Waals surface area (Å²) in [6.07, 6.45) is 0.437. The second kappa shape index (κ2) is 9.06. The number of carbonyl (C=O) groups is 2. The number of phenols is 2. The molecular weight excluding hydrogens is 444 g/mol. The summed E-state index contributed by atoms with van der Waals surface area (Å²) in [4.78, 5) is 35.9. The molecule has 8 heteroatoms. The predicted molar refractivity (Wildman–Crippen MR) is 131 cm³/mol. The van der Waals surface area contributed by atoms with Gasteiger partial charge in [-0.1, -0.05) is 48.5 Å². The highest BCUT2D eigenvalue weighted by molar-refractivity contribution is 6.05. The molecule has 0 saturated heterocycles. The van der Waals surface area contributed by atoms with Crippen molar-refractivity contribution >= 4 is 22.7 Å². The van der Waals surface area contributed by atoms with Gasteiger partial charge < -0.3 is 20.4 Å². The molecule has 8 nitrogen and oxygen atoms in total. The molecule has 3 N–H and O–H groups in total. The number of carbonyl (C=O) groups excluding carboxylic acids is 2. The fourth-order valence-corrected chi connectivity index (χ4v) is 4.31. The van der Waals surface area contributed by atoms with Crippen molar-refractivity contribution in [1.82, 2.24) is 20.2 Å². The van der Waals surface area contributed by atoms with Crippen molar-refractivity contribution < 1.29 is 19.8 Å². The molecule has 1 aliphatic heterocycles. The summed E-state index contributed by atoms with van der Waals surface area (Å²) < 4.78 is 0. The van der Waals surface area contributed by atoms with E-state index in [1.54, 1.807) is 11.0 Å². The van der Waals surface area contributed by atoms with Crippen molar-refractivity contribution in [3.8, 4) is 22.9 Å². The quantitative estimate of drug-likeness (QED) is 0.395. The van der Waals surface area contributed by atoms with Gasteiger partial charge in [0.2, 0.25) is 5.91 Å². The number of hydrogen-bond acceptors (Lipinski definition) is 6. The first kappa shape index (κ1) is 22.3. The normalized spacial score (nSPS) is 12.9. The number of nitrogens with zero attached hydrogens (tertiary/aromatic N) is 3. The van der Waals surface area contributed by atoms with Crippen molar-refractivity contribution in [3.63, 3.8) is 0 Å². The number of hydrogen-bond donors (Lipinski definition) is 3. The Morgan fingerprint density at radius 1 is 1.00 bits per heavy atom. The highest BCUT2D eigenvalue weighted by Crippen LogP contribution is 2.35. The van der Waals surface area contributed by atoms with Gasteiger partial charge in [0.15, 0.2) is 17.3 Å². The van der Waals surface area contributed by atoms with E-state index in [1.165, 1.54) is 13.0 Å². The highest BCUT2D eigenvalue weighted by atomic mass is 16.3. The third kappa shape index (κ3) is 4.38. The summed E-state index contributed by atoms with van der Waals surface area (Å²) in [6.45, 7) is 2.62. The molecule has 0 radical (unpaired) electrons. The molecule has 0 aliphatic carbocycles. The van der Waals surface area contributed by atoms with Crippen LogP contribution in [-0.2, 0) is 24.3 Å². The third-order valence-corrected chi connectivity index (χ3v) is 6.20. The van der Waals surface area contributed by atoms with Gasteiger partial charge in [-0.3, -0.25) is 9.59 Å². The molecular formula is C27H24N4O4. The summed E-state index contributed by atoms with van der Waals surface area (Å²) in [5, 5.41) is 23.4. The number of nitrogens with one attached hydrogen (secondary N) is 1. The van der Waals surface area contributed by atoms with Crippen LogP contribution in [0, 0.1) is 0 Å². The summed E-state index contributed by atoms with van der Waals surface area (Å²) >= 11 is 0. The van der Waals surface area contributed by atoms with Gasteiger partial charge in [-0.15, -0.1) is 0 Å². The molecule has 2 amide bonds. The third-order valence-electron chi connectivity index (χ3n) is 6.20. The van der Waals surface area contributed by atoms with Crippen LogP contribution in [0.4, 0.5) is 0 Å². The van der Waals surface area contributed by atoms with E-state index in [0.29, 0.717) is 54.0 Å². The lowest BCUT2D eigenvalue weighted by Gasteiger charge is -2.29. The maximum Gasteiger partial charge on any atom is 0.273 e. The number of aromatic hydroxyl groups is 2. The lowest BCUT2D eigenvalue weighted by atomic mass is 9.97. The molecule has 3 aromatic carbocycles. The zero-order valence-electron chi connectivity index (χ0n) is 19.2. The Kier molecular flexibility index (Phi) is 5.78. The van der Waals surface area contributed by atoms with Crippen molar-refractivity contribution in [2.75, 3.05) is 6.54 Å². The van der Waals surface area contributed by atoms with Crippen LogP contribution in [0.25, 0.3) is 22.3 Å². The van der Waals surface area contributed by atoms with E-state index in [4.69, 9.17) is 0 Å². The average Bonchev–Trinajstić information content (AvgIpc) is 2.88. The smallest absolute Gasteiger partial charge is 0.273 e. The molecule has 2 heterocycles. The van der Waals surface area contributed by atoms with Gasteiger partial charge in [0.25, 0.3) is 5.91 Å². The van der Waals surface area contributed by atoms with E-state index in [-0.39, 0.29) is 23.3 Å². The van der Waals surface area contributed by atoms with Gasteiger partial charge in [-0.25, -0.2) is 9.97 Å². The lowest BCUT2D eigenvalue weighted by Crippen LogP contribution is -2.36. The van der Waals surface area contributed by atoms with Crippen molar-refractivity contribution in [2.24, 2.45) is 0 Å². The molecule has 0 atom stereocenters. The van der Waals surface area contributed by atoms with Crippen molar-refractivity contribution in [3.05, 3.63) is 83.0 Å². The first-order chi connectivity index (χ1) is 16.9. The van der Waals surface area contributed by atoms with E-state index < -0.39 is 0 Å². The number of rotatable bonds is 4. The van der Waals surface area contributed by atoms with Gasteiger partial charge in [0.1, 0.15) is 5.69 Å². The number of amides is 2. The first-order valence-electron chi connectivity index (χ1n) is 11.3. The molecule has 5 rings (SSSR count). The number of fused-ring (bicyclic) bond motifs is 2. The molecule has 176 valence electrons. The fraction of sp³-hybridized carbons (Fsp3) is 0.185. The number of aromatic nitrogens is 2. The molecule has 0 spiro atoms. The standard InChI is InChI=1S/C27H24N4O4/c1-16(32)28-14-17-6-8-18(9-7-17)26-29-22-5-3-2-4-21(22)24(30-26)27(35)31-13-12-20-19(15-31)10-11-23(33)25(20)34/h2-11,33-34H,12-15H2,1H3,(H,28,32). The highest BCUT2D eigenvalue weighted by Gasteiger charge is 2.27. The SMILES string of the molecule is CC(=O)NCc1ccc(-c2nc(C(=O)N3CCc4c(ccc(O)c4O)C3)c3ccccc3n2)cc1. The minimum atomic E-state index is -0.217. The molecule has 4 aromatic rings. The summed E-state index contributed by atoms with van der Waals surface area (Å²) in [5.74, 6) is -0.143. The Morgan fingerprint density at radius 2 is 1.77 bits per heavy atom. The minimum Gasteiger partial charge on any atom is -0.504 e. The molecule has 1 aromatic heterocycles. The Labute approximate surface area is 201 Å². The molecule has 1 aliphatic rings. The number of phenolic OH excluding ortho intramolecular Hbond substituents is 2. The van der Waals surface area contributed by atoms with Crippen LogP contribution in [0.2, 0.25) is 0 Å². The van der Waals surface area contributed by atoms with E-state index in [2.05, 4.69) is 15.3 Å². The van der Waals surface area contributed by atoms with Crippen LogP contribution in [0.5, 0.6) is 11.5 Å². The van der Waals surface area contributed by atoms with E-state index in [1.807, 2.05) is 48.5 Å². The van der Waals surface area contributed by atoms with Crippen LogP contribution >= 0.6 is 0 Å². The number of benzene rings is 3. The van der Waals surface area contributed by atoms with E-state index in [9.17, 15) is 19.8 Å². The van der Waals surface area contributed by atoms with Crippen LogP contribution in [0.15, 0.2) is 60.7 Å². The van der Waals surface area contributed by atoms with Crippen molar-refractivity contribution in [1.29, 1.82) is 0 Å². The maximum atomic E-state index is 13.6. The molecule has 0 unspecified atom stereocenters. The number of para-hydroxylation sites is 1. The first-order valence-corrected chi connectivity index (χ1v) is 11.3. The van der Waals surface area contributed by atoms with Crippen LogP contribution in [0.1, 0.15) is 34.1 Å². The Balaban J connectivity index is 1.49. The Morgan fingerprint density at radius 3 is 2.54 bits per heavy atom. The largest absolute Gasteiger partial charge is 0.504 e. The van der Waals surface area contributed by atoms with E-state index >= 15 is 0 Å². The Bertz CT molecular complexity index is 1450. The molecule has 35 heavy (non-hydrogen) atoms. The van der Waals surface area contributed by atoms with Gasteiger partial charge >= 0.3 is 0 Å². The zero-order valence-corrected chi connectivity index (χ0v) is 19.2. The molecule has 0 bridgehead atoms.